The minimum absolute atomic E-state index is 0.0462. The Morgan fingerprint density at radius 3 is 2.55 bits per heavy atom. The van der Waals surface area contributed by atoms with Crippen molar-refractivity contribution >= 4 is 21.6 Å². The average molecular weight is 441 g/mol. The molecule has 162 valence electrons. The summed E-state index contributed by atoms with van der Waals surface area (Å²) >= 11 is 0. The molecule has 1 heterocycles. The molecule has 0 bridgehead atoms. The van der Waals surface area contributed by atoms with Crippen LogP contribution in [0.2, 0.25) is 0 Å². The number of hydrogen-bond acceptors (Lipinski definition) is 5. The van der Waals surface area contributed by atoms with E-state index in [1.807, 2.05) is 37.3 Å². The number of hydrogen-bond donors (Lipinski definition) is 2. The van der Waals surface area contributed by atoms with Crippen LogP contribution in [-0.4, -0.2) is 30.7 Å². The van der Waals surface area contributed by atoms with Crippen LogP contribution in [0.1, 0.15) is 35.8 Å². The van der Waals surface area contributed by atoms with E-state index in [0.29, 0.717) is 12.2 Å². The molecule has 0 unspecified atom stereocenters. The molecular formula is C22H24N4O4S. The first-order valence-electron chi connectivity index (χ1n) is 9.92. The van der Waals surface area contributed by atoms with E-state index in [9.17, 15) is 18.0 Å². The number of benzene rings is 2. The summed E-state index contributed by atoms with van der Waals surface area (Å²) in [4.78, 5) is 24.8. The summed E-state index contributed by atoms with van der Waals surface area (Å²) in [6.07, 6.45) is 1.61. The lowest BCUT2D eigenvalue weighted by Gasteiger charge is -2.10. The molecule has 0 radical (unpaired) electrons. The van der Waals surface area contributed by atoms with Gasteiger partial charge in [-0.1, -0.05) is 49.7 Å². The first-order chi connectivity index (χ1) is 14.9. The van der Waals surface area contributed by atoms with Gasteiger partial charge in [-0.15, -0.1) is 0 Å². The van der Waals surface area contributed by atoms with Gasteiger partial charge in [0.1, 0.15) is 5.69 Å². The van der Waals surface area contributed by atoms with Crippen molar-refractivity contribution in [1.29, 1.82) is 0 Å². The van der Waals surface area contributed by atoms with Crippen LogP contribution >= 0.6 is 0 Å². The van der Waals surface area contributed by atoms with Crippen LogP contribution in [0, 0.1) is 0 Å². The van der Waals surface area contributed by atoms with Crippen molar-refractivity contribution in [3.8, 4) is 0 Å². The molecule has 2 aromatic carbocycles. The van der Waals surface area contributed by atoms with Crippen LogP contribution in [0.4, 0.5) is 5.69 Å². The van der Waals surface area contributed by atoms with Crippen molar-refractivity contribution in [2.75, 3.05) is 11.9 Å². The van der Waals surface area contributed by atoms with Crippen molar-refractivity contribution in [2.45, 2.75) is 31.2 Å². The lowest BCUT2D eigenvalue weighted by Crippen LogP contribution is -2.27. The summed E-state index contributed by atoms with van der Waals surface area (Å²) in [5.41, 5.74) is 0.908. The minimum Gasteiger partial charge on any atom is -0.321 e. The molecule has 0 fully saturated rings. The Balaban J connectivity index is 1.76. The maximum Gasteiger partial charge on any atom is 0.276 e. The zero-order valence-corrected chi connectivity index (χ0v) is 17.9. The van der Waals surface area contributed by atoms with E-state index in [0.717, 1.165) is 18.4 Å². The summed E-state index contributed by atoms with van der Waals surface area (Å²) in [7, 11) is -3.66. The predicted octanol–water partition coefficient (Wildman–Crippen LogP) is 2.62. The van der Waals surface area contributed by atoms with Crippen LogP contribution in [0.15, 0.2) is 76.4 Å². The molecule has 9 heteroatoms. The zero-order valence-electron chi connectivity index (χ0n) is 17.1. The van der Waals surface area contributed by atoms with Gasteiger partial charge < -0.3 is 5.32 Å². The number of aromatic nitrogens is 2. The van der Waals surface area contributed by atoms with Crippen LogP contribution in [0.25, 0.3) is 0 Å². The highest BCUT2D eigenvalue weighted by Crippen LogP contribution is 2.16. The van der Waals surface area contributed by atoms with E-state index < -0.39 is 15.9 Å². The molecule has 1 aromatic heterocycles. The summed E-state index contributed by atoms with van der Waals surface area (Å²) in [6.45, 7) is 2.56. The fourth-order valence-electron chi connectivity index (χ4n) is 2.84. The average Bonchev–Trinajstić information content (AvgIpc) is 2.76. The van der Waals surface area contributed by atoms with Crippen LogP contribution in [0.3, 0.4) is 0 Å². The molecule has 0 aliphatic rings. The molecule has 0 spiro atoms. The molecular weight excluding hydrogens is 416 g/mol. The van der Waals surface area contributed by atoms with E-state index in [-0.39, 0.29) is 22.7 Å². The van der Waals surface area contributed by atoms with Crippen LogP contribution in [-0.2, 0) is 16.6 Å². The number of rotatable bonds is 9. The summed E-state index contributed by atoms with van der Waals surface area (Å²) in [6, 6.07) is 17.9. The number of anilines is 1. The quantitative estimate of drug-likeness (QED) is 0.497. The molecule has 0 aliphatic carbocycles. The topological polar surface area (TPSA) is 110 Å². The normalized spacial score (nSPS) is 11.3. The van der Waals surface area contributed by atoms with Gasteiger partial charge in [-0.05, 0) is 36.2 Å². The van der Waals surface area contributed by atoms with Gasteiger partial charge in [-0.2, -0.15) is 5.10 Å². The predicted molar refractivity (Wildman–Crippen MR) is 119 cm³/mol. The van der Waals surface area contributed by atoms with Crippen LogP contribution in [0.5, 0.6) is 0 Å². The van der Waals surface area contributed by atoms with Crippen molar-refractivity contribution < 1.29 is 13.2 Å². The first-order valence-corrected chi connectivity index (χ1v) is 11.4. The maximum absolute atomic E-state index is 12.6. The third kappa shape index (κ3) is 6.09. The molecule has 0 saturated heterocycles. The standard InChI is InChI=1S/C22H24N4O4S/c1-2-3-14-23-31(29,30)19-11-7-10-18(15-19)24-22(28)20-12-13-21(27)26(25-20)16-17-8-5-4-6-9-17/h4-13,15,23H,2-3,14,16H2,1H3,(H,24,28). The highest BCUT2D eigenvalue weighted by Gasteiger charge is 2.15. The number of unbranched alkanes of at least 4 members (excludes halogenated alkanes) is 1. The van der Waals surface area contributed by atoms with Crippen molar-refractivity contribution in [3.63, 3.8) is 0 Å². The second kappa shape index (κ2) is 10.1. The van der Waals surface area contributed by atoms with E-state index >= 15 is 0 Å². The van der Waals surface area contributed by atoms with E-state index in [1.54, 1.807) is 12.1 Å². The third-order valence-electron chi connectivity index (χ3n) is 4.50. The Labute approximate surface area is 181 Å². The van der Waals surface area contributed by atoms with E-state index in [1.165, 1.54) is 28.9 Å². The SMILES string of the molecule is CCCCNS(=O)(=O)c1cccc(NC(=O)c2ccc(=O)n(Cc3ccccc3)n2)c1. The molecule has 1 amide bonds. The number of sulfonamides is 1. The largest absolute Gasteiger partial charge is 0.321 e. The fourth-order valence-corrected chi connectivity index (χ4v) is 3.96. The molecule has 3 aromatic rings. The van der Waals surface area contributed by atoms with E-state index in [4.69, 9.17) is 0 Å². The number of nitrogens with one attached hydrogen (secondary N) is 2. The first kappa shape index (κ1) is 22.4. The van der Waals surface area contributed by atoms with Gasteiger partial charge in [-0.3, -0.25) is 9.59 Å². The smallest absolute Gasteiger partial charge is 0.276 e. The van der Waals surface area contributed by atoms with Gasteiger partial charge in [0.05, 0.1) is 11.4 Å². The number of carbonyl (C=O) groups is 1. The Morgan fingerprint density at radius 1 is 1.03 bits per heavy atom. The highest BCUT2D eigenvalue weighted by atomic mass is 32.2. The molecule has 0 saturated carbocycles. The van der Waals surface area contributed by atoms with Gasteiger partial charge in [0.2, 0.25) is 10.0 Å². The van der Waals surface area contributed by atoms with Crippen molar-refractivity contribution in [3.05, 3.63) is 88.3 Å². The lowest BCUT2D eigenvalue weighted by atomic mass is 10.2. The van der Waals surface area contributed by atoms with Crippen LogP contribution < -0.4 is 15.6 Å². The Hall–Kier alpha value is -3.30. The fraction of sp³-hybridized carbons (Fsp3) is 0.227. The molecule has 8 nitrogen and oxygen atoms in total. The van der Waals surface area contributed by atoms with Gasteiger partial charge in [0.25, 0.3) is 11.5 Å². The highest BCUT2D eigenvalue weighted by molar-refractivity contribution is 7.89. The summed E-state index contributed by atoms with van der Waals surface area (Å²) < 4.78 is 28.5. The number of carbonyl (C=O) groups excluding carboxylic acids is 1. The molecule has 0 aliphatic heterocycles. The summed E-state index contributed by atoms with van der Waals surface area (Å²) in [5, 5.41) is 6.79. The number of nitrogens with zero attached hydrogens (tertiary/aromatic N) is 2. The summed E-state index contributed by atoms with van der Waals surface area (Å²) in [5.74, 6) is -0.546. The second-order valence-electron chi connectivity index (χ2n) is 6.93. The molecule has 2 N–H and O–H groups in total. The van der Waals surface area contributed by atoms with E-state index in [2.05, 4.69) is 15.1 Å². The van der Waals surface area contributed by atoms with Gasteiger partial charge >= 0.3 is 0 Å². The molecule has 3 rings (SSSR count). The molecule has 0 atom stereocenters. The maximum atomic E-state index is 12.6. The zero-order chi connectivity index (χ0) is 22.3. The van der Waals surface area contributed by atoms with Crippen molar-refractivity contribution in [1.82, 2.24) is 14.5 Å². The Kier molecular flexibility index (Phi) is 7.32. The Bertz CT molecular complexity index is 1210. The van der Waals surface area contributed by atoms with Gasteiger partial charge in [0, 0.05) is 18.3 Å². The van der Waals surface area contributed by atoms with Crippen molar-refractivity contribution in [2.24, 2.45) is 0 Å². The number of amides is 1. The Morgan fingerprint density at radius 2 is 1.81 bits per heavy atom. The third-order valence-corrected chi connectivity index (χ3v) is 5.96. The second-order valence-corrected chi connectivity index (χ2v) is 8.70. The van der Waals surface area contributed by atoms with Gasteiger partial charge in [0.15, 0.2) is 0 Å². The molecule has 31 heavy (non-hydrogen) atoms. The van der Waals surface area contributed by atoms with Gasteiger partial charge in [-0.25, -0.2) is 17.8 Å². The monoisotopic (exact) mass is 440 g/mol. The minimum atomic E-state index is -3.66. The lowest BCUT2D eigenvalue weighted by molar-refractivity contribution is 0.102.